The fourth-order valence-electron chi connectivity index (χ4n) is 3.40. The van der Waals surface area contributed by atoms with Crippen LogP contribution in [0.25, 0.3) is 5.82 Å². The van der Waals surface area contributed by atoms with Gasteiger partial charge in [0.2, 0.25) is 5.91 Å². The summed E-state index contributed by atoms with van der Waals surface area (Å²) in [5.41, 5.74) is 7.58. The first-order valence-electron chi connectivity index (χ1n) is 11.4. The molecular weight excluding hydrogens is 374 g/mol. The van der Waals surface area contributed by atoms with Crippen molar-refractivity contribution in [2.75, 3.05) is 11.1 Å². The summed E-state index contributed by atoms with van der Waals surface area (Å²) in [7, 11) is 0. The molecule has 1 amide bonds. The van der Waals surface area contributed by atoms with Gasteiger partial charge in [0.15, 0.2) is 5.82 Å². The van der Waals surface area contributed by atoms with Gasteiger partial charge in [-0.2, -0.15) is 9.78 Å². The molecule has 6 heteroatoms. The summed E-state index contributed by atoms with van der Waals surface area (Å²) in [5, 5.41) is 7.61. The standard InChI is InChI=1S/C24H39N5O/c1-5-6-7-8-9-10-11-12-13-16-22(30)27-19-15-14-17-26-23(19)29-21(25)18-20(28-29)24(2,3)4/h14-15,17-18H,5-13,16,25H2,1-4H3,(H,27,30). The quantitative estimate of drug-likeness (QED) is 0.417. The Morgan fingerprint density at radius 1 is 1.07 bits per heavy atom. The van der Waals surface area contributed by atoms with Gasteiger partial charge in [-0.05, 0) is 18.6 Å². The highest BCUT2D eigenvalue weighted by atomic mass is 16.1. The monoisotopic (exact) mass is 413 g/mol. The molecular formula is C24H39N5O. The molecule has 2 aromatic rings. The molecule has 0 aliphatic heterocycles. The van der Waals surface area contributed by atoms with Crippen LogP contribution in [0.3, 0.4) is 0 Å². The van der Waals surface area contributed by atoms with Crippen molar-refractivity contribution in [3.05, 3.63) is 30.1 Å². The van der Waals surface area contributed by atoms with Crippen molar-refractivity contribution >= 4 is 17.4 Å². The topological polar surface area (TPSA) is 85.8 Å². The Kier molecular flexibility index (Phi) is 9.34. The van der Waals surface area contributed by atoms with Crippen LogP contribution in [0.4, 0.5) is 11.5 Å². The summed E-state index contributed by atoms with van der Waals surface area (Å²) >= 11 is 0. The third-order valence-corrected chi connectivity index (χ3v) is 5.27. The second-order valence-corrected chi connectivity index (χ2v) is 9.12. The van der Waals surface area contributed by atoms with E-state index < -0.39 is 0 Å². The number of rotatable bonds is 12. The van der Waals surface area contributed by atoms with E-state index in [1.165, 1.54) is 44.9 Å². The van der Waals surface area contributed by atoms with E-state index in [4.69, 9.17) is 5.73 Å². The summed E-state index contributed by atoms with van der Waals surface area (Å²) in [4.78, 5) is 16.9. The summed E-state index contributed by atoms with van der Waals surface area (Å²) in [6.45, 7) is 8.51. The summed E-state index contributed by atoms with van der Waals surface area (Å²) in [6, 6.07) is 5.51. The zero-order valence-corrected chi connectivity index (χ0v) is 19.2. The number of hydrogen-bond donors (Lipinski definition) is 2. The van der Waals surface area contributed by atoms with Gasteiger partial charge in [-0.25, -0.2) is 4.98 Å². The van der Waals surface area contributed by atoms with E-state index in [0.29, 0.717) is 23.7 Å². The lowest BCUT2D eigenvalue weighted by Crippen LogP contribution is -2.16. The highest BCUT2D eigenvalue weighted by Crippen LogP contribution is 2.26. The molecule has 0 aromatic carbocycles. The smallest absolute Gasteiger partial charge is 0.224 e. The second kappa shape index (κ2) is 11.7. The summed E-state index contributed by atoms with van der Waals surface area (Å²) < 4.78 is 1.61. The molecule has 0 bridgehead atoms. The van der Waals surface area contributed by atoms with Gasteiger partial charge in [0.05, 0.1) is 11.4 Å². The minimum atomic E-state index is -0.117. The van der Waals surface area contributed by atoms with E-state index in [9.17, 15) is 4.79 Å². The number of anilines is 2. The van der Waals surface area contributed by atoms with Crippen molar-refractivity contribution in [3.63, 3.8) is 0 Å². The lowest BCUT2D eigenvalue weighted by atomic mass is 9.92. The van der Waals surface area contributed by atoms with E-state index in [0.717, 1.165) is 18.5 Å². The fourth-order valence-corrected chi connectivity index (χ4v) is 3.40. The molecule has 2 heterocycles. The number of amides is 1. The molecule has 0 atom stereocenters. The van der Waals surface area contributed by atoms with E-state index >= 15 is 0 Å². The Morgan fingerprint density at radius 3 is 2.30 bits per heavy atom. The molecule has 2 rings (SSSR count). The van der Waals surface area contributed by atoms with Gasteiger partial charge in [-0.1, -0.05) is 79.1 Å². The first-order chi connectivity index (χ1) is 14.3. The molecule has 30 heavy (non-hydrogen) atoms. The predicted molar refractivity (Wildman–Crippen MR) is 125 cm³/mol. The average molecular weight is 414 g/mol. The fraction of sp³-hybridized carbons (Fsp3) is 0.625. The zero-order chi connectivity index (χ0) is 22.0. The van der Waals surface area contributed by atoms with Crippen molar-refractivity contribution in [1.82, 2.24) is 14.8 Å². The molecule has 2 aromatic heterocycles. The molecule has 0 radical (unpaired) electrons. The SMILES string of the molecule is CCCCCCCCCCCC(=O)Nc1cccnc1-n1nc(C(C)(C)C)cc1N. The minimum Gasteiger partial charge on any atom is -0.384 e. The van der Waals surface area contributed by atoms with Crippen LogP contribution in [-0.2, 0) is 10.2 Å². The van der Waals surface area contributed by atoms with Gasteiger partial charge in [0.1, 0.15) is 5.82 Å². The summed E-state index contributed by atoms with van der Waals surface area (Å²) in [6.07, 6.45) is 13.3. The lowest BCUT2D eigenvalue weighted by molar-refractivity contribution is -0.116. The first kappa shape index (κ1) is 23.9. The average Bonchev–Trinajstić information content (AvgIpc) is 3.09. The van der Waals surface area contributed by atoms with Crippen LogP contribution in [0.1, 0.15) is 97.6 Å². The second-order valence-electron chi connectivity index (χ2n) is 9.12. The molecule has 0 spiro atoms. The lowest BCUT2D eigenvalue weighted by Gasteiger charge is -2.14. The zero-order valence-electron chi connectivity index (χ0n) is 19.2. The van der Waals surface area contributed by atoms with E-state index in [-0.39, 0.29) is 11.3 Å². The van der Waals surface area contributed by atoms with Crippen LogP contribution >= 0.6 is 0 Å². The Hall–Kier alpha value is -2.37. The molecule has 0 unspecified atom stereocenters. The van der Waals surface area contributed by atoms with Gasteiger partial charge in [0, 0.05) is 24.1 Å². The Labute approximate surface area is 181 Å². The molecule has 0 fully saturated rings. The van der Waals surface area contributed by atoms with Gasteiger partial charge < -0.3 is 11.1 Å². The third-order valence-electron chi connectivity index (χ3n) is 5.27. The number of nitrogen functional groups attached to an aromatic ring is 1. The molecule has 0 aliphatic rings. The number of carbonyl (C=O) groups excluding carboxylic acids is 1. The van der Waals surface area contributed by atoms with Crippen molar-refractivity contribution in [2.45, 2.75) is 97.3 Å². The Bertz CT molecular complexity index is 791. The number of nitrogens with two attached hydrogens (primary N) is 1. The molecule has 3 N–H and O–H groups in total. The van der Waals surface area contributed by atoms with Gasteiger partial charge >= 0.3 is 0 Å². The maximum atomic E-state index is 12.5. The Balaban J connectivity index is 1.85. The van der Waals surface area contributed by atoms with Crippen LogP contribution in [0.15, 0.2) is 24.4 Å². The predicted octanol–water partition coefficient (Wildman–Crippen LogP) is 6.01. The van der Waals surface area contributed by atoms with E-state index in [1.54, 1.807) is 10.9 Å². The van der Waals surface area contributed by atoms with Crippen LogP contribution in [0.5, 0.6) is 0 Å². The molecule has 0 saturated heterocycles. The van der Waals surface area contributed by atoms with Crippen LogP contribution in [0, 0.1) is 0 Å². The summed E-state index contributed by atoms with van der Waals surface area (Å²) in [5.74, 6) is 1.06. The van der Waals surface area contributed by atoms with Gasteiger partial charge in [-0.15, -0.1) is 0 Å². The van der Waals surface area contributed by atoms with Crippen molar-refractivity contribution in [2.24, 2.45) is 0 Å². The normalized spacial score (nSPS) is 11.6. The van der Waals surface area contributed by atoms with Crippen LogP contribution in [-0.4, -0.2) is 20.7 Å². The minimum absolute atomic E-state index is 0.00830. The number of hydrogen-bond acceptors (Lipinski definition) is 4. The Morgan fingerprint density at radius 2 is 1.70 bits per heavy atom. The van der Waals surface area contributed by atoms with Gasteiger partial charge in [-0.3, -0.25) is 4.79 Å². The number of unbranched alkanes of at least 4 members (excludes halogenated alkanes) is 8. The molecule has 6 nitrogen and oxygen atoms in total. The number of nitrogens with one attached hydrogen (secondary N) is 1. The first-order valence-corrected chi connectivity index (χ1v) is 11.4. The number of pyridine rings is 1. The largest absolute Gasteiger partial charge is 0.384 e. The number of nitrogens with zero attached hydrogens (tertiary/aromatic N) is 3. The van der Waals surface area contributed by atoms with Crippen molar-refractivity contribution in [1.29, 1.82) is 0 Å². The van der Waals surface area contributed by atoms with E-state index in [1.807, 2.05) is 18.2 Å². The molecule has 166 valence electrons. The maximum absolute atomic E-state index is 12.5. The van der Waals surface area contributed by atoms with E-state index in [2.05, 4.69) is 43.1 Å². The maximum Gasteiger partial charge on any atom is 0.224 e. The van der Waals surface area contributed by atoms with Crippen molar-refractivity contribution < 1.29 is 4.79 Å². The van der Waals surface area contributed by atoms with Crippen LogP contribution in [0.2, 0.25) is 0 Å². The van der Waals surface area contributed by atoms with Gasteiger partial charge in [0.25, 0.3) is 0 Å². The molecule has 0 aliphatic carbocycles. The molecule has 0 saturated carbocycles. The number of carbonyl (C=O) groups is 1. The van der Waals surface area contributed by atoms with Crippen LogP contribution < -0.4 is 11.1 Å². The number of aromatic nitrogens is 3. The third kappa shape index (κ3) is 7.47. The van der Waals surface area contributed by atoms with Crippen molar-refractivity contribution in [3.8, 4) is 5.82 Å². The highest BCUT2D eigenvalue weighted by Gasteiger charge is 2.21. The highest BCUT2D eigenvalue weighted by molar-refractivity contribution is 5.92.